The lowest BCUT2D eigenvalue weighted by Crippen LogP contribution is -1.92. The summed E-state index contributed by atoms with van der Waals surface area (Å²) in [5.41, 5.74) is 0.176. The Hall–Kier alpha value is -1.32. The summed E-state index contributed by atoms with van der Waals surface area (Å²) in [5.74, 6) is -1.65. The van der Waals surface area contributed by atoms with E-state index in [9.17, 15) is 9.59 Å². The zero-order valence-electron chi connectivity index (χ0n) is 7.33. The second-order valence-electron chi connectivity index (χ2n) is 2.23. The molecule has 0 spiro atoms. The third kappa shape index (κ3) is 15.9. The van der Waals surface area contributed by atoms with Crippen LogP contribution in [0.25, 0.3) is 0 Å². The van der Waals surface area contributed by atoms with Gasteiger partial charge in [0.25, 0.3) is 0 Å². The number of hydrogen-bond donors (Lipinski definition) is 2. The highest BCUT2D eigenvalue weighted by Crippen LogP contribution is 1.82. The summed E-state index contributed by atoms with van der Waals surface area (Å²) in [7, 11) is 0. The van der Waals surface area contributed by atoms with E-state index in [4.69, 9.17) is 10.2 Å². The zero-order chi connectivity index (χ0) is 10.1. The fraction of sp³-hybridized carbons (Fsp3) is 0.500. The van der Waals surface area contributed by atoms with Crippen molar-refractivity contribution in [3.63, 3.8) is 0 Å². The summed E-state index contributed by atoms with van der Waals surface area (Å²) in [5, 5.41) is 15.8. The summed E-state index contributed by atoms with van der Waals surface area (Å²) < 4.78 is 0. The highest BCUT2D eigenvalue weighted by atomic mass is 16.4. The summed E-state index contributed by atoms with van der Waals surface area (Å²) in [4.78, 5) is 19.2. The first kappa shape index (κ1) is 13.3. The molecule has 0 aromatic rings. The fourth-order valence-electron chi connectivity index (χ4n) is 0.214. The third-order valence-corrected chi connectivity index (χ3v) is 0.829. The van der Waals surface area contributed by atoms with Crippen LogP contribution in [0.4, 0.5) is 0 Å². The van der Waals surface area contributed by atoms with Gasteiger partial charge in [-0.05, 0) is 13.3 Å². The van der Waals surface area contributed by atoms with Crippen LogP contribution in [-0.2, 0) is 9.59 Å². The van der Waals surface area contributed by atoms with E-state index in [1.54, 1.807) is 0 Å². The molecule has 4 heteroatoms. The Morgan fingerprint density at radius 2 is 1.67 bits per heavy atom. The highest BCUT2D eigenvalue weighted by Gasteiger charge is 1.90. The Morgan fingerprint density at radius 1 is 1.33 bits per heavy atom. The maximum atomic E-state index is 9.60. The van der Waals surface area contributed by atoms with Crippen molar-refractivity contribution in [3.05, 3.63) is 12.2 Å². The van der Waals surface area contributed by atoms with Crippen LogP contribution < -0.4 is 0 Å². The first-order valence-corrected chi connectivity index (χ1v) is 3.52. The summed E-state index contributed by atoms with van der Waals surface area (Å²) in [6, 6.07) is 0. The lowest BCUT2D eigenvalue weighted by molar-refractivity contribution is -0.137. The Bertz CT molecular complexity index is 160. The maximum Gasteiger partial charge on any atom is 0.330 e. The normalized spacial score (nSPS) is 7.83. The molecule has 0 heterocycles. The van der Waals surface area contributed by atoms with E-state index < -0.39 is 11.9 Å². The first-order chi connectivity index (χ1) is 5.41. The van der Waals surface area contributed by atoms with Gasteiger partial charge in [0.05, 0.1) is 0 Å². The molecule has 0 aromatic carbocycles. The Balaban J connectivity index is 0. The average molecular weight is 174 g/mol. The molecule has 0 aliphatic heterocycles. The van der Waals surface area contributed by atoms with E-state index in [2.05, 4.69) is 6.58 Å². The smallest absolute Gasteiger partial charge is 0.330 e. The Morgan fingerprint density at radius 3 is 1.67 bits per heavy atom. The van der Waals surface area contributed by atoms with Crippen LogP contribution in [0, 0.1) is 0 Å². The minimum atomic E-state index is -0.935. The van der Waals surface area contributed by atoms with Crippen LogP contribution in [0.1, 0.15) is 26.7 Å². The topological polar surface area (TPSA) is 74.6 Å². The van der Waals surface area contributed by atoms with Crippen molar-refractivity contribution in [1.29, 1.82) is 0 Å². The molecule has 0 rings (SSSR count). The summed E-state index contributed by atoms with van der Waals surface area (Å²) in [6.07, 6.45) is 1.02. The molecule has 0 aliphatic carbocycles. The Labute approximate surface area is 71.5 Å². The average Bonchev–Trinajstić information content (AvgIpc) is 1.87. The van der Waals surface area contributed by atoms with Gasteiger partial charge in [0, 0.05) is 12.0 Å². The molecule has 2 N–H and O–H groups in total. The number of carboxylic acid groups (broad SMARTS) is 2. The molecule has 0 saturated carbocycles. The fourth-order valence-corrected chi connectivity index (χ4v) is 0.214. The van der Waals surface area contributed by atoms with Crippen LogP contribution in [-0.4, -0.2) is 22.2 Å². The minimum Gasteiger partial charge on any atom is -0.481 e. The van der Waals surface area contributed by atoms with E-state index in [1.807, 2.05) is 6.92 Å². The molecule has 0 atom stereocenters. The molecule has 0 aliphatic rings. The van der Waals surface area contributed by atoms with E-state index in [0.29, 0.717) is 6.42 Å². The molecule has 12 heavy (non-hydrogen) atoms. The predicted molar refractivity (Wildman–Crippen MR) is 45.0 cm³/mol. The molecule has 0 bridgehead atoms. The molecule has 4 nitrogen and oxygen atoms in total. The maximum absolute atomic E-state index is 9.60. The van der Waals surface area contributed by atoms with Gasteiger partial charge in [0.2, 0.25) is 0 Å². The second-order valence-corrected chi connectivity index (χ2v) is 2.23. The molecule has 0 unspecified atom stereocenters. The summed E-state index contributed by atoms with van der Waals surface area (Å²) >= 11 is 0. The molecule has 0 aromatic heterocycles. The first-order valence-electron chi connectivity index (χ1n) is 3.52. The second kappa shape index (κ2) is 7.78. The van der Waals surface area contributed by atoms with Gasteiger partial charge < -0.3 is 10.2 Å². The molecule has 70 valence electrons. The standard InChI is InChI=1S/C4H6O2.C4H8O2/c1-3(2)4(5)6;1-2-3-4(5)6/h1H2,2H3,(H,5,6);2-3H2,1H3,(H,5,6). The third-order valence-electron chi connectivity index (χ3n) is 0.829. The van der Waals surface area contributed by atoms with Crippen LogP contribution >= 0.6 is 0 Å². The van der Waals surface area contributed by atoms with Gasteiger partial charge in [0.1, 0.15) is 0 Å². The highest BCUT2D eigenvalue weighted by molar-refractivity contribution is 5.84. The predicted octanol–water partition coefficient (Wildman–Crippen LogP) is 1.52. The number of carbonyl (C=O) groups is 2. The molecule has 0 saturated heterocycles. The number of aliphatic carboxylic acids is 2. The molecular formula is C8H14O4. The van der Waals surface area contributed by atoms with Crippen molar-refractivity contribution >= 4 is 11.9 Å². The van der Waals surface area contributed by atoms with Crippen LogP contribution in [0.2, 0.25) is 0 Å². The number of hydrogen-bond acceptors (Lipinski definition) is 2. The van der Waals surface area contributed by atoms with Crippen molar-refractivity contribution in [2.24, 2.45) is 0 Å². The van der Waals surface area contributed by atoms with Crippen LogP contribution in [0.15, 0.2) is 12.2 Å². The number of rotatable bonds is 3. The van der Waals surface area contributed by atoms with Gasteiger partial charge in [-0.15, -0.1) is 0 Å². The zero-order valence-corrected chi connectivity index (χ0v) is 7.33. The Kier molecular flexibility index (Phi) is 8.62. The van der Waals surface area contributed by atoms with Crippen molar-refractivity contribution < 1.29 is 19.8 Å². The SMILES string of the molecule is C=C(C)C(=O)O.CCCC(=O)O. The lowest BCUT2D eigenvalue weighted by atomic mass is 10.4. The van der Waals surface area contributed by atoms with Crippen molar-refractivity contribution in [3.8, 4) is 0 Å². The van der Waals surface area contributed by atoms with Gasteiger partial charge >= 0.3 is 11.9 Å². The van der Waals surface area contributed by atoms with E-state index in [1.165, 1.54) is 6.92 Å². The van der Waals surface area contributed by atoms with E-state index in [0.717, 1.165) is 6.42 Å². The lowest BCUT2D eigenvalue weighted by Gasteiger charge is -1.79. The monoisotopic (exact) mass is 174 g/mol. The van der Waals surface area contributed by atoms with Gasteiger partial charge in [-0.25, -0.2) is 4.79 Å². The number of carboxylic acids is 2. The quantitative estimate of drug-likeness (QED) is 0.636. The van der Waals surface area contributed by atoms with E-state index in [-0.39, 0.29) is 5.57 Å². The minimum absolute atomic E-state index is 0.176. The molecular weight excluding hydrogens is 160 g/mol. The van der Waals surface area contributed by atoms with E-state index >= 15 is 0 Å². The van der Waals surface area contributed by atoms with Gasteiger partial charge in [-0.2, -0.15) is 0 Å². The van der Waals surface area contributed by atoms with Crippen molar-refractivity contribution in [2.45, 2.75) is 26.7 Å². The largest absolute Gasteiger partial charge is 0.481 e. The van der Waals surface area contributed by atoms with Crippen molar-refractivity contribution in [2.75, 3.05) is 0 Å². The van der Waals surface area contributed by atoms with Gasteiger partial charge in [-0.3, -0.25) is 4.79 Å². The van der Waals surface area contributed by atoms with Crippen LogP contribution in [0.5, 0.6) is 0 Å². The molecule has 0 amide bonds. The van der Waals surface area contributed by atoms with Gasteiger partial charge in [-0.1, -0.05) is 13.5 Å². The van der Waals surface area contributed by atoms with Crippen molar-refractivity contribution in [1.82, 2.24) is 0 Å². The molecule has 0 radical (unpaired) electrons. The summed E-state index contributed by atoms with van der Waals surface area (Å²) in [6.45, 7) is 6.44. The van der Waals surface area contributed by atoms with Gasteiger partial charge in [0.15, 0.2) is 0 Å². The van der Waals surface area contributed by atoms with Crippen LogP contribution in [0.3, 0.4) is 0 Å². The molecule has 0 fully saturated rings.